The van der Waals surface area contributed by atoms with Gasteiger partial charge in [-0.3, -0.25) is 9.59 Å². The molecule has 0 aliphatic carbocycles. The Hall–Kier alpha value is -3.17. The lowest BCUT2D eigenvalue weighted by molar-refractivity contribution is 0.804. The van der Waals surface area contributed by atoms with Crippen LogP contribution in [0.5, 0.6) is 0 Å². The highest BCUT2D eigenvalue weighted by molar-refractivity contribution is 7.15. The molecular formula is C24H23N3O2S. The van der Waals surface area contributed by atoms with E-state index >= 15 is 0 Å². The first-order valence-corrected chi connectivity index (χ1v) is 10.7. The summed E-state index contributed by atoms with van der Waals surface area (Å²) in [4.78, 5) is 31.1. The lowest BCUT2D eigenvalue weighted by Gasteiger charge is -2.07. The summed E-state index contributed by atoms with van der Waals surface area (Å²) in [6.45, 7) is 10.2. The van der Waals surface area contributed by atoms with Crippen LogP contribution in [0.2, 0.25) is 0 Å². The van der Waals surface area contributed by atoms with Crippen molar-refractivity contribution in [3.63, 3.8) is 0 Å². The largest absolute Gasteiger partial charge is 0.332 e. The molecule has 0 bridgehead atoms. The fourth-order valence-electron chi connectivity index (χ4n) is 4.22. The number of hydrogen-bond donors (Lipinski definition) is 0. The summed E-state index contributed by atoms with van der Waals surface area (Å²) < 4.78 is 3.80. The van der Waals surface area contributed by atoms with Gasteiger partial charge < -0.3 is 4.57 Å². The summed E-state index contributed by atoms with van der Waals surface area (Å²) in [6.07, 6.45) is 7.47. The smallest absolute Gasteiger partial charge is 0.277 e. The number of fused-ring (bicyclic) bond motifs is 2. The van der Waals surface area contributed by atoms with E-state index in [-0.39, 0.29) is 17.0 Å². The van der Waals surface area contributed by atoms with Gasteiger partial charge in [0.2, 0.25) is 4.96 Å². The lowest BCUT2D eigenvalue weighted by atomic mass is 10.0. The molecule has 30 heavy (non-hydrogen) atoms. The van der Waals surface area contributed by atoms with Crippen molar-refractivity contribution in [3.05, 3.63) is 71.5 Å². The molecule has 5 nitrogen and oxygen atoms in total. The van der Waals surface area contributed by atoms with Gasteiger partial charge in [-0.25, -0.2) is 9.38 Å². The Bertz CT molecular complexity index is 1530. The van der Waals surface area contributed by atoms with Gasteiger partial charge in [-0.2, -0.15) is 0 Å². The molecule has 152 valence electrons. The number of aryl methyl sites for hydroxylation is 2. The van der Waals surface area contributed by atoms with Gasteiger partial charge in [0, 0.05) is 27.9 Å². The van der Waals surface area contributed by atoms with Crippen molar-refractivity contribution in [2.75, 3.05) is 0 Å². The molecule has 0 N–H and O–H groups in total. The second-order valence-electron chi connectivity index (χ2n) is 7.86. The molecule has 0 saturated heterocycles. The van der Waals surface area contributed by atoms with Crippen LogP contribution in [0.3, 0.4) is 0 Å². The van der Waals surface area contributed by atoms with E-state index in [0.29, 0.717) is 27.3 Å². The molecular weight excluding hydrogens is 394 g/mol. The van der Waals surface area contributed by atoms with Gasteiger partial charge in [0.15, 0.2) is 0 Å². The van der Waals surface area contributed by atoms with Crippen LogP contribution in [0.4, 0.5) is 0 Å². The number of hydrogen-bond acceptors (Lipinski definition) is 4. The third-order valence-electron chi connectivity index (χ3n) is 5.59. The van der Waals surface area contributed by atoms with Crippen molar-refractivity contribution in [3.8, 4) is 12.3 Å². The number of rotatable bonds is 3. The molecule has 0 unspecified atom stereocenters. The summed E-state index contributed by atoms with van der Waals surface area (Å²) in [6, 6.07) is 6.09. The van der Waals surface area contributed by atoms with Crippen LogP contribution in [0.1, 0.15) is 47.8 Å². The molecule has 0 amide bonds. The van der Waals surface area contributed by atoms with Crippen LogP contribution in [0.25, 0.3) is 21.9 Å². The van der Waals surface area contributed by atoms with Crippen LogP contribution in [-0.4, -0.2) is 14.0 Å². The zero-order valence-corrected chi connectivity index (χ0v) is 18.6. The Labute approximate surface area is 178 Å². The minimum absolute atomic E-state index is 0.000544. The summed E-state index contributed by atoms with van der Waals surface area (Å²) in [5.74, 6) is 2.72. The Morgan fingerprint density at radius 1 is 1.20 bits per heavy atom. The average Bonchev–Trinajstić information content (AvgIpc) is 3.12. The quantitative estimate of drug-likeness (QED) is 0.481. The Morgan fingerprint density at radius 3 is 2.60 bits per heavy atom. The fourth-order valence-corrected chi connectivity index (χ4v) is 5.21. The molecule has 3 heterocycles. The van der Waals surface area contributed by atoms with Crippen molar-refractivity contribution in [1.82, 2.24) is 14.0 Å². The van der Waals surface area contributed by atoms with E-state index in [1.54, 1.807) is 0 Å². The third kappa shape index (κ3) is 2.89. The van der Waals surface area contributed by atoms with E-state index in [0.717, 1.165) is 27.7 Å². The van der Waals surface area contributed by atoms with E-state index in [2.05, 4.69) is 28.5 Å². The standard InChI is InChI=1S/C24H23N3O2S/c1-7-11-26-16(6)18(17-10-8-9-14(4)21(17)26)12-19-22(28)27-23(29)20(13(2)3)15(5)25-24(27)30-19/h1,8-10,12-13H,11H2,2-6H3/b19-12-. The molecule has 4 aromatic rings. The SMILES string of the molecule is C#CCn1c(C)c(/C=c2\sc3nc(C)c(C(C)C)c(=O)n3c2=O)c2cccc(C)c21. The highest BCUT2D eigenvalue weighted by atomic mass is 32.1. The Kier molecular flexibility index (Phi) is 4.87. The number of para-hydroxylation sites is 1. The van der Waals surface area contributed by atoms with Crippen LogP contribution in [0.15, 0.2) is 27.8 Å². The molecule has 0 aliphatic rings. The first kappa shape index (κ1) is 20.1. The number of thiazole rings is 1. The lowest BCUT2D eigenvalue weighted by Crippen LogP contribution is -2.33. The molecule has 3 aromatic heterocycles. The summed E-state index contributed by atoms with van der Waals surface area (Å²) in [5, 5.41) is 1.04. The van der Waals surface area contributed by atoms with E-state index in [9.17, 15) is 9.59 Å². The number of aromatic nitrogens is 3. The third-order valence-corrected chi connectivity index (χ3v) is 6.56. The van der Waals surface area contributed by atoms with E-state index < -0.39 is 0 Å². The maximum absolute atomic E-state index is 13.1. The monoisotopic (exact) mass is 417 g/mol. The molecule has 0 fully saturated rings. The molecule has 0 aliphatic heterocycles. The van der Waals surface area contributed by atoms with Gasteiger partial charge >= 0.3 is 0 Å². The Morgan fingerprint density at radius 2 is 1.93 bits per heavy atom. The molecule has 0 spiro atoms. The van der Waals surface area contributed by atoms with Gasteiger partial charge in [0.05, 0.1) is 16.6 Å². The van der Waals surface area contributed by atoms with Gasteiger partial charge in [-0.1, -0.05) is 49.3 Å². The second-order valence-corrected chi connectivity index (χ2v) is 8.87. The maximum atomic E-state index is 13.1. The van der Waals surface area contributed by atoms with Gasteiger partial charge in [-0.15, -0.1) is 6.42 Å². The fraction of sp³-hybridized carbons (Fsp3) is 0.292. The molecule has 1 aromatic carbocycles. The number of nitrogens with zero attached hydrogens (tertiary/aromatic N) is 3. The van der Waals surface area contributed by atoms with Crippen molar-refractivity contribution in [1.29, 1.82) is 0 Å². The highest BCUT2D eigenvalue weighted by Gasteiger charge is 2.18. The van der Waals surface area contributed by atoms with Crippen LogP contribution >= 0.6 is 11.3 Å². The summed E-state index contributed by atoms with van der Waals surface area (Å²) in [5.41, 5.74) is 4.82. The molecule has 0 radical (unpaired) electrons. The van der Waals surface area contributed by atoms with E-state index in [1.807, 2.05) is 45.9 Å². The van der Waals surface area contributed by atoms with Gasteiger partial charge in [-0.05, 0) is 38.3 Å². The minimum atomic E-state index is -0.320. The van der Waals surface area contributed by atoms with Crippen LogP contribution < -0.4 is 15.7 Å². The topological polar surface area (TPSA) is 56.4 Å². The zero-order chi connectivity index (χ0) is 21.7. The predicted molar refractivity (Wildman–Crippen MR) is 123 cm³/mol. The number of benzene rings is 1. The normalized spacial score (nSPS) is 12.4. The highest BCUT2D eigenvalue weighted by Crippen LogP contribution is 2.29. The number of terminal acetylenes is 1. The van der Waals surface area contributed by atoms with Crippen LogP contribution in [-0.2, 0) is 6.54 Å². The van der Waals surface area contributed by atoms with Crippen molar-refractivity contribution in [2.24, 2.45) is 0 Å². The molecule has 0 atom stereocenters. The average molecular weight is 418 g/mol. The summed E-state index contributed by atoms with van der Waals surface area (Å²) in [7, 11) is 0. The van der Waals surface area contributed by atoms with Gasteiger partial charge in [0.1, 0.15) is 0 Å². The molecule has 6 heteroatoms. The predicted octanol–water partition coefficient (Wildman–Crippen LogP) is 3.30. The van der Waals surface area contributed by atoms with E-state index in [1.165, 1.54) is 15.7 Å². The molecule has 0 saturated carbocycles. The summed E-state index contributed by atoms with van der Waals surface area (Å²) >= 11 is 1.25. The van der Waals surface area contributed by atoms with Gasteiger partial charge in [0.25, 0.3) is 11.1 Å². The second kappa shape index (κ2) is 7.26. The van der Waals surface area contributed by atoms with Crippen molar-refractivity contribution in [2.45, 2.75) is 47.1 Å². The first-order chi connectivity index (χ1) is 14.3. The zero-order valence-electron chi connectivity index (χ0n) is 17.7. The maximum Gasteiger partial charge on any atom is 0.277 e. The Balaban J connectivity index is 2.09. The minimum Gasteiger partial charge on any atom is -0.332 e. The molecule has 4 rings (SSSR count). The first-order valence-electron chi connectivity index (χ1n) is 9.85. The van der Waals surface area contributed by atoms with Crippen LogP contribution in [0, 0.1) is 33.1 Å². The van der Waals surface area contributed by atoms with E-state index in [4.69, 9.17) is 6.42 Å². The van der Waals surface area contributed by atoms with Crippen molar-refractivity contribution >= 4 is 33.3 Å². The van der Waals surface area contributed by atoms with Crippen molar-refractivity contribution < 1.29 is 0 Å².